The third-order valence-electron chi connectivity index (χ3n) is 3.90. The van der Waals surface area contributed by atoms with Gasteiger partial charge >= 0.3 is 0 Å². The van der Waals surface area contributed by atoms with E-state index in [9.17, 15) is 8.42 Å². The molecule has 0 bridgehead atoms. The number of piperazine rings is 1. The molecule has 1 aliphatic heterocycles. The van der Waals surface area contributed by atoms with Crippen LogP contribution in [0.5, 0.6) is 0 Å². The number of hydrogen-bond donors (Lipinski definition) is 0. The van der Waals surface area contributed by atoms with Crippen molar-refractivity contribution in [1.82, 2.24) is 4.31 Å². The Morgan fingerprint density at radius 2 is 1.65 bits per heavy atom. The molecule has 0 aliphatic carbocycles. The molecular formula is C15H24N2O2S. The van der Waals surface area contributed by atoms with Crippen LogP contribution in [0.15, 0.2) is 18.2 Å². The van der Waals surface area contributed by atoms with Crippen LogP contribution in [-0.2, 0) is 10.0 Å². The maximum Gasteiger partial charge on any atom is 0.216 e. The van der Waals surface area contributed by atoms with Gasteiger partial charge in [-0.3, -0.25) is 0 Å². The molecule has 112 valence electrons. The smallest absolute Gasteiger partial charge is 0.216 e. The summed E-state index contributed by atoms with van der Waals surface area (Å²) in [6, 6.07) is 6.42. The Kier molecular flexibility index (Phi) is 4.39. The van der Waals surface area contributed by atoms with E-state index in [1.54, 1.807) is 18.2 Å². The van der Waals surface area contributed by atoms with E-state index in [0.29, 0.717) is 13.1 Å². The predicted octanol–water partition coefficient (Wildman–Crippen LogP) is 2.16. The van der Waals surface area contributed by atoms with Crippen LogP contribution < -0.4 is 4.90 Å². The van der Waals surface area contributed by atoms with E-state index in [2.05, 4.69) is 36.9 Å². The summed E-state index contributed by atoms with van der Waals surface area (Å²) in [5.41, 5.74) is 3.71. The highest BCUT2D eigenvalue weighted by Gasteiger charge is 2.29. The lowest BCUT2D eigenvalue weighted by atomic mass is 10.1. The first kappa shape index (κ1) is 15.3. The Hall–Kier alpha value is -1.07. The van der Waals surface area contributed by atoms with Crippen molar-refractivity contribution in [3.8, 4) is 0 Å². The monoisotopic (exact) mass is 296 g/mol. The molecule has 0 N–H and O–H groups in total. The standard InChI is InChI=1S/C15H24N2O2S/c1-12(2)20(18,19)17-9-7-16(8-10-17)15-11-13(3)5-6-14(15)4/h5-6,11-12H,7-10H2,1-4H3. The fourth-order valence-electron chi connectivity index (χ4n) is 2.54. The summed E-state index contributed by atoms with van der Waals surface area (Å²) in [6.45, 7) is 10.3. The molecule has 1 aliphatic rings. The Labute approximate surface area is 122 Å². The molecule has 20 heavy (non-hydrogen) atoms. The van der Waals surface area contributed by atoms with Gasteiger partial charge in [0.25, 0.3) is 0 Å². The summed E-state index contributed by atoms with van der Waals surface area (Å²) < 4.78 is 25.9. The van der Waals surface area contributed by atoms with Gasteiger partial charge in [0.2, 0.25) is 10.0 Å². The second-order valence-electron chi connectivity index (χ2n) is 5.77. The molecular weight excluding hydrogens is 272 g/mol. The van der Waals surface area contributed by atoms with E-state index < -0.39 is 10.0 Å². The number of hydrogen-bond acceptors (Lipinski definition) is 3. The van der Waals surface area contributed by atoms with Gasteiger partial charge in [0, 0.05) is 31.9 Å². The molecule has 0 saturated carbocycles. The number of rotatable bonds is 3. The van der Waals surface area contributed by atoms with Gasteiger partial charge in [0.05, 0.1) is 5.25 Å². The first-order valence-corrected chi connectivity index (χ1v) is 8.64. The van der Waals surface area contributed by atoms with Gasteiger partial charge in [-0.1, -0.05) is 12.1 Å². The molecule has 1 saturated heterocycles. The average molecular weight is 296 g/mol. The number of anilines is 1. The Morgan fingerprint density at radius 3 is 2.20 bits per heavy atom. The average Bonchev–Trinajstić information content (AvgIpc) is 2.41. The fraction of sp³-hybridized carbons (Fsp3) is 0.600. The van der Waals surface area contributed by atoms with Crippen molar-refractivity contribution in [3.63, 3.8) is 0 Å². The van der Waals surface area contributed by atoms with E-state index in [1.807, 2.05) is 0 Å². The molecule has 0 unspecified atom stereocenters. The summed E-state index contributed by atoms with van der Waals surface area (Å²) in [4.78, 5) is 2.29. The van der Waals surface area contributed by atoms with Crippen LogP contribution in [0, 0.1) is 13.8 Å². The molecule has 5 heteroatoms. The van der Waals surface area contributed by atoms with E-state index in [4.69, 9.17) is 0 Å². The zero-order chi connectivity index (χ0) is 14.9. The maximum absolute atomic E-state index is 12.2. The first-order valence-electron chi connectivity index (χ1n) is 7.13. The molecule has 0 radical (unpaired) electrons. The Morgan fingerprint density at radius 1 is 1.05 bits per heavy atom. The molecule has 1 aromatic rings. The lowest BCUT2D eigenvalue weighted by molar-refractivity contribution is 0.381. The van der Waals surface area contributed by atoms with Crippen molar-refractivity contribution < 1.29 is 8.42 Å². The van der Waals surface area contributed by atoms with Gasteiger partial charge in [-0.25, -0.2) is 8.42 Å². The summed E-state index contributed by atoms with van der Waals surface area (Å²) in [6.07, 6.45) is 0. The molecule has 0 amide bonds. The number of aryl methyl sites for hydroxylation is 2. The minimum absolute atomic E-state index is 0.338. The largest absolute Gasteiger partial charge is 0.369 e. The molecule has 1 fully saturated rings. The van der Waals surface area contributed by atoms with Gasteiger partial charge in [0.1, 0.15) is 0 Å². The second kappa shape index (κ2) is 5.74. The summed E-state index contributed by atoms with van der Waals surface area (Å²) in [5.74, 6) is 0. The third-order valence-corrected chi connectivity index (χ3v) is 6.18. The highest BCUT2D eigenvalue weighted by Crippen LogP contribution is 2.23. The van der Waals surface area contributed by atoms with Crippen LogP contribution in [0.25, 0.3) is 0 Å². The minimum atomic E-state index is -3.12. The maximum atomic E-state index is 12.2. The van der Waals surface area contributed by atoms with E-state index in [1.165, 1.54) is 16.8 Å². The van der Waals surface area contributed by atoms with Crippen molar-refractivity contribution in [2.24, 2.45) is 0 Å². The minimum Gasteiger partial charge on any atom is -0.369 e. The van der Waals surface area contributed by atoms with Gasteiger partial charge in [-0.15, -0.1) is 0 Å². The zero-order valence-corrected chi connectivity index (χ0v) is 13.6. The number of benzene rings is 1. The zero-order valence-electron chi connectivity index (χ0n) is 12.8. The van der Waals surface area contributed by atoms with Crippen LogP contribution in [0.1, 0.15) is 25.0 Å². The van der Waals surface area contributed by atoms with E-state index in [-0.39, 0.29) is 5.25 Å². The molecule has 0 aromatic heterocycles. The topological polar surface area (TPSA) is 40.6 Å². The van der Waals surface area contributed by atoms with Crippen molar-refractivity contribution in [1.29, 1.82) is 0 Å². The predicted molar refractivity (Wildman–Crippen MR) is 83.8 cm³/mol. The molecule has 4 nitrogen and oxygen atoms in total. The third kappa shape index (κ3) is 2.99. The van der Waals surface area contributed by atoms with Gasteiger partial charge in [-0.2, -0.15) is 4.31 Å². The van der Waals surface area contributed by atoms with Gasteiger partial charge in [-0.05, 0) is 44.9 Å². The lowest BCUT2D eigenvalue weighted by Crippen LogP contribution is -2.50. The molecule has 0 spiro atoms. The number of nitrogens with zero attached hydrogens (tertiary/aromatic N) is 2. The number of sulfonamides is 1. The van der Waals surface area contributed by atoms with Crippen LogP contribution in [0.2, 0.25) is 0 Å². The van der Waals surface area contributed by atoms with Crippen LogP contribution in [0.4, 0.5) is 5.69 Å². The second-order valence-corrected chi connectivity index (χ2v) is 8.26. The van der Waals surface area contributed by atoms with Crippen LogP contribution in [0.3, 0.4) is 0 Å². The van der Waals surface area contributed by atoms with Gasteiger partial charge < -0.3 is 4.90 Å². The molecule has 1 heterocycles. The normalized spacial score (nSPS) is 17.8. The quantitative estimate of drug-likeness (QED) is 0.858. The van der Waals surface area contributed by atoms with Crippen molar-refractivity contribution in [3.05, 3.63) is 29.3 Å². The Bertz CT molecular complexity index is 574. The highest BCUT2D eigenvalue weighted by atomic mass is 32.2. The summed E-state index contributed by atoms with van der Waals surface area (Å²) in [7, 11) is -3.12. The molecule has 1 aromatic carbocycles. The van der Waals surface area contributed by atoms with Crippen molar-refractivity contribution in [2.75, 3.05) is 31.1 Å². The SMILES string of the molecule is Cc1ccc(C)c(N2CCN(S(=O)(=O)C(C)C)CC2)c1. The first-order chi connectivity index (χ1) is 9.32. The van der Waals surface area contributed by atoms with E-state index >= 15 is 0 Å². The van der Waals surface area contributed by atoms with Crippen molar-refractivity contribution >= 4 is 15.7 Å². The highest BCUT2D eigenvalue weighted by molar-refractivity contribution is 7.89. The van der Waals surface area contributed by atoms with Crippen LogP contribution in [-0.4, -0.2) is 44.2 Å². The Balaban J connectivity index is 2.10. The summed E-state index contributed by atoms with van der Waals surface area (Å²) in [5, 5.41) is -0.338. The van der Waals surface area contributed by atoms with Crippen LogP contribution >= 0.6 is 0 Å². The summed E-state index contributed by atoms with van der Waals surface area (Å²) >= 11 is 0. The van der Waals surface area contributed by atoms with Crippen molar-refractivity contribution in [2.45, 2.75) is 32.9 Å². The lowest BCUT2D eigenvalue weighted by Gasteiger charge is -2.37. The molecule has 0 atom stereocenters. The molecule has 2 rings (SSSR count). The fourth-order valence-corrected chi connectivity index (χ4v) is 3.81. The van der Waals surface area contributed by atoms with E-state index in [0.717, 1.165) is 13.1 Å². The van der Waals surface area contributed by atoms with Gasteiger partial charge in [0.15, 0.2) is 0 Å².